The first-order valence-electron chi connectivity index (χ1n) is 36.7. The van der Waals surface area contributed by atoms with Crippen LogP contribution in [0.25, 0.3) is 0 Å². The molecule has 9 heteroatoms. The van der Waals surface area contributed by atoms with Crippen LogP contribution in [0.2, 0.25) is 0 Å². The van der Waals surface area contributed by atoms with Gasteiger partial charge in [0.05, 0.1) is 25.4 Å². The van der Waals surface area contributed by atoms with Gasteiger partial charge < -0.3 is 40.3 Å². The lowest BCUT2D eigenvalue weighted by Crippen LogP contribution is -2.60. The van der Waals surface area contributed by atoms with Gasteiger partial charge in [-0.25, -0.2) is 0 Å². The maximum Gasteiger partial charge on any atom is 0.220 e. The molecule has 1 heterocycles. The normalized spacial score (nSPS) is 18.5. The molecule has 1 aliphatic rings. The molecule has 7 unspecified atom stereocenters. The molecule has 496 valence electrons. The SMILES string of the molecule is CCCCCCC/C=C\C/C=C\C/C=C\CCCCCCCCCCCCCCCCCCC(=O)NC(COC1OC(CO)C(O)C(O)C1O)C(O)/C=C/CC/C=C/CC/C=C/CCCCCCCCCCCCCCCCCCCCCCC. The van der Waals surface area contributed by atoms with Gasteiger partial charge in [0.25, 0.3) is 0 Å². The molecule has 7 atom stereocenters. The predicted molar refractivity (Wildman–Crippen MR) is 364 cm³/mol. The van der Waals surface area contributed by atoms with Gasteiger partial charge in [0, 0.05) is 6.42 Å². The van der Waals surface area contributed by atoms with Crippen molar-refractivity contribution < 1.29 is 39.8 Å². The summed E-state index contributed by atoms with van der Waals surface area (Å²) in [6, 6.07) is -0.833. The first kappa shape index (κ1) is 80.6. The van der Waals surface area contributed by atoms with Gasteiger partial charge in [-0.15, -0.1) is 0 Å². The van der Waals surface area contributed by atoms with E-state index in [4.69, 9.17) is 9.47 Å². The number of aliphatic hydroxyl groups is 5. The van der Waals surface area contributed by atoms with Gasteiger partial charge in [-0.05, 0) is 83.5 Å². The van der Waals surface area contributed by atoms with E-state index in [2.05, 4.69) is 79.9 Å². The number of aliphatic hydroxyl groups excluding tert-OH is 5. The Morgan fingerprint density at radius 3 is 1.07 bits per heavy atom. The maximum absolute atomic E-state index is 13.1. The molecule has 9 nitrogen and oxygen atoms in total. The molecule has 0 aromatic carbocycles. The zero-order valence-electron chi connectivity index (χ0n) is 55.6. The molecule has 0 saturated carbocycles. The third-order valence-electron chi connectivity index (χ3n) is 17.2. The van der Waals surface area contributed by atoms with Gasteiger partial charge >= 0.3 is 0 Å². The largest absolute Gasteiger partial charge is 0.394 e. The van der Waals surface area contributed by atoms with E-state index in [1.165, 1.54) is 270 Å². The predicted octanol–water partition coefficient (Wildman–Crippen LogP) is 20.3. The van der Waals surface area contributed by atoms with Gasteiger partial charge in [-0.1, -0.05) is 331 Å². The molecule has 1 amide bonds. The monoisotopic (exact) mass is 1190 g/mol. The van der Waals surface area contributed by atoms with Crippen molar-refractivity contribution in [2.75, 3.05) is 13.2 Å². The fourth-order valence-electron chi connectivity index (χ4n) is 11.5. The van der Waals surface area contributed by atoms with Crippen LogP contribution in [0.4, 0.5) is 0 Å². The number of allylic oxidation sites excluding steroid dienone is 11. The Kier molecular flexibility index (Phi) is 61.3. The number of rotatable bonds is 64. The van der Waals surface area contributed by atoms with Crippen LogP contribution >= 0.6 is 0 Å². The lowest BCUT2D eigenvalue weighted by molar-refractivity contribution is -0.302. The molecule has 1 rings (SSSR count). The average Bonchev–Trinajstić information content (AvgIpc) is 3.54. The summed E-state index contributed by atoms with van der Waals surface area (Å²) in [6.07, 6.45) is 84.5. The summed E-state index contributed by atoms with van der Waals surface area (Å²) in [6.45, 7) is 3.79. The quantitative estimate of drug-likeness (QED) is 0.0261. The van der Waals surface area contributed by atoms with Crippen molar-refractivity contribution in [2.24, 2.45) is 0 Å². The minimum Gasteiger partial charge on any atom is -0.394 e. The van der Waals surface area contributed by atoms with Crippen LogP contribution in [-0.2, 0) is 14.3 Å². The molecule has 0 spiro atoms. The molecule has 1 saturated heterocycles. The van der Waals surface area contributed by atoms with E-state index in [9.17, 15) is 30.3 Å². The lowest BCUT2D eigenvalue weighted by atomic mass is 9.99. The van der Waals surface area contributed by atoms with E-state index in [0.29, 0.717) is 6.42 Å². The van der Waals surface area contributed by atoms with Crippen LogP contribution in [0, 0.1) is 0 Å². The Morgan fingerprint density at radius 2 is 0.706 bits per heavy atom. The van der Waals surface area contributed by atoms with Crippen molar-refractivity contribution in [1.82, 2.24) is 5.32 Å². The Balaban J connectivity index is 2.15. The van der Waals surface area contributed by atoms with E-state index in [1.54, 1.807) is 6.08 Å². The molecule has 0 bridgehead atoms. The number of hydrogen-bond acceptors (Lipinski definition) is 8. The third kappa shape index (κ3) is 53.2. The fourth-order valence-corrected chi connectivity index (χ4v) is 11.5. The number of carbonyl (C=O) groups excluding carboxylic acids is 1. The maximum atomic E-state index is 13.1. The molecule has 85 heavy (non-hydrogen) atoms. The summed E-state index contributed by atoms with van der Waals surface area (Å²) in [5.41, 5.74) is 0. The average molecular weight is 1190 g/mol. The standard InChI is InChI=1S/C76H139NO8/c1-3-5-7-9-11-13-15-17-19-21-23-25-27-29-31-33-35-37-39-41-43-45-47-49-51-53-55-57-59-61-63-65-70(79)69(68-84-76-75(83)74(82)73(81)71(67-78)85-76)77-72(80)66-64-62-60-58-56-54-52-50-48-46-44-42-40-38-36-34-32-30-28-26-24-22-20-18-16-14-12-10-8-6-4-2/h16,18,22,24,28,30,47,49,55,57,63,65,69-71,73-76,78-79,81-83H,3-15,17,19-21,23,25-27,29,31-46,48,50-54,56,58-62,64,66-68H2,1-2H3,(H,77,80)/b18-16-,24-22-,30-28-,49-47+,57-55+,65-63+. The smallest absolute Gasteiger partial charge is 0.220 e. The van der Waals surface area contributed by atoms with E-state index >= 15 is 0 Å². The Bertz CT molecular complexity index is 1570. The zero-order chi connectivity index (χ0) is 61.4. The Labute approximate surface area is 525 Å². The molecule has 0 aromatic heterocycles. The van der Waals surface area contributed by atoms with Gasteiger partial charge in [0.1, 0.15) is 24.4 Å². The molecule has 6 N–H and O–H groups in total. The first-order valence-corrected chi connectivity index (χ1v) is 36.7. The molecule has 1 fully saturated rings. The summed E-state index contributed by atoms with van der Waals surface area (Å²) in [5, 5.41) is 54.8. The molecule has 0 aromatic rings. The van der Waals surface area contributed by atoms with Gasteiger partial charge in [-0.2, -0.15) is 0 Å². The van der Waals surface area contributed by atoms with Crippen molar-refractivity contribution in [3.8, 4) is 0 Å². The van der Waals surface area contributed by atoms with Crippen LogP contribution in [0.15, 0.2) is 72.9 Å². The Morgan fingerprint density at radius 1 is 0.400 bits per heavy atom. The summed E-state index contributed by atoms with van der Waals surface area (Å²) < 4.78 is 11.3. The summed E-state index contributed by atoms with van der Waals surface area (Å²) in [5.74, 6) is -0.188. The molecular formula is C76H139NO8. The van der Waals surface area contributed by atoms with Crippen LogP contribution in [0.3, 0.4) is 0 Å². The van der Waals surface area contributed by atoms with Crippen molar-refractivity contribution >= 4 is 5.91 Å². The first-order chi connectivity index (χ1) is 41.8. The van der Waals surface area contributed by atoms with Crippen LogP contribution < -0.4 is 5.32 Å². The van der Waals surface area contributed by atoms with Gasteiger partial charge in [0.15, 0.2) is 6.29 Å². The summed E-state index contributed by atoms with van der Waals surface area (Å²) >= 11 is 0. The van der Waals surface area contributed by atoms with E-state index in [1.807, 2.05) is 6.08 Å². The molecular weight excluding hydrogens is 1050 g/mol. The fraction of sp³-hybridized carbons (Fsp3) is 0.829. The highest BCUT2D eigenvalue weighted by Gasteiger charge is 2.44. The van der Waals surface area contributed by atoms with Crippen LogP contribution in [0.5, 0.6) is 0 Å². The number of unbranched alkanes of at least 4 members (excludes halogenated alkanes) is 44. The highest BCUT2D eigenvalue weighted by Crippen LogP contribution is 2.23. The van der Waals surface area contributed by atoms with Crippen molar-refractivity contribution in [3.05, 3.63) is 72.9 Å². The van der Waals surface area contributed by atoms with Gasteiger partial charge in [0.2, 0.25) is 5.91 Å². The van der Waals surface area contributed by atoms with E-state index in [0.717, 1.165) is 57.8 Å². The summed E-state index contributed by atoms with van der Waals surface area (Å²) in [4.78, 5) is 13.1. The lowest BCUT2D eigenvalue weighted by Gasteiger charge is -2.40. The van der Waals surface area contributed by atoms with Crippen LogP contribution in [0.1, 0.15) is 348 Å². The van der Waals surface area contributed by atoms with Gasteiger partial charge in [-0.3, -0.25) is 4.79 Å². The number of carbonyl (C=O) groups is 1. The topological polar surface area (TPSA) is 149 Å². The second kappa shape index (κ2) is 64.6. The molecule has 1 aliphatic heterocycles. The number of ether oxygens (including phenoxy) is 2. The summed E-state index contributed by atoms with van der Waals surface area (Å²) in [7, 11) is 0. The number of amides is 1. The minimum absolute atomic E-state index is 0.188. The van der Waals surface area contributed by atoms with Crippen molar-refractivity contribution in [1.29, 1.82) is 0 Å². The number of hydrogen-bond donors (Lipinski definition) is 6. The third-order valence-corrected chi connectivity index (χ3v) is 17.2. The molecule has 0 aliphatic carbocycles. The van der Waals surface area contributed by atoms with Crippen LogP contribution in [-0.4, -0.2) is 87.5 Å². The zero-order valence-corrected chi connectivity index (χ0v) is 55.6. The highest BCUT2D eigenvalue weighted by atomic mass is 16.7. The highest BCUT2D eigenvalue weighted by molar-refractivity contribution is 5.76. The minimum atomic E-state index is -1.58. The molecule has 0 radical (unpaired) electrons. The van der Waals surface area contributed by atoms with E-state index < -0.39 is 49.5 Å². The van der Waals surface area contributed by atoms with Crippen molar-refractivity contribution in [2.45, 2.75) is 391 Å². The number of nitrogens with one attached hydrogen (secondary N) is 1. The second-order valence-electron chi connectivity index (χ2n) is 25.4. The Hall–Kier alpha value is -2.37. The van der Waals surface area contributed by atoms with Crippen molar-refractivity contribution in [3.63, 3.8) is 0 Å². The second-order valence-corrected chi connectivity index (χ2v) is 25.4. The van der Waals surface area contributed by atoms with E-state index in [-0.39, 0.29) is 12.5 Å².